The summed E-state index contributed by atoms with van der Waals surface area (Å²) in [6.07, 6.45) is 0. The number of benzene rings is 4. The highest BCUT2D eigenvalue weighted by Crippen LogP contribution is 2.46. The number of azo groups is 1. The van der Waals surface area contributed by atoms with Crippen molar-refractivity contribution in [1.29, 1.82) is 0 Å². The molecular formula is C20H16N4OS2. The van der Waals surface area contributed by atoms with E-state index in [1.54, 1.807) is 12.1 Å². The molecule has 7 heteroatoms. The lowest BCUT2D eigenvalue weighted by Gasteiger charge is -2.13. The lowest BCUT2D eigenvalue weighted by Crippen LogP contribution is -1.96. The van der Waals surface area contributed by atoms with Gasteiger partial charge in [-0.3, -0.25) is 0 Å². The van der Waals surface area contributed by atoms with Crippen LogP contribution in [-0.4, -0.2) is 5.11 Å². The van der Waals surface area contributed by atoms with Crippen LogP contribution in [0.4, 0.5) is 22.7 Å². The fraction of sp³-hybridized carbons (Fsp3) is 0. The van der Waals surface area contributed by atoms with Crippen molar-refractivity contribution in [2.24, 2.45) is 10.2 Å². The van der Waals surface area contributed by atoms with Gasteiger partial charge < -0.3 is 16.6 Å². The molecule has 0 atom stereocenters. The molecule has 0 saturated heterocycles. The second-order valence-electron chi connectivity index (χ2n) is 6.11. The van der Waals surface area contributed by atoms with Crippen LogP contribution in [0.5, 0.6) is 5.75 Å². The molecule has 4 rings (SSSR count). The largest absolute Gasteiger partial charge is 0.505 e. The number of phenols is 1. The van der Waals surface area contributed by atoms with Gasteiger partial charge in [0.15, 0.2) is 5.75 Å². The minimum atomic E-state index is -0.124. The van der Waals surface area contributed by atoms with Crippen LogP contribution in [0.1, 0.15) is 0 Å². The number of hydrogen-bond acceptors (Lipinski definition) is 7. The second-order valence-corrected chi connectivity index (χ2v) is 7.08. The zero-order valence-corrected chi connectivity index (χ0v) is 15.9. The van der Waals surface area contributed by atoms with Gasteiger partial charge in [0.1, 0.15) is 5.69 Å². The molecule has 0 heterocycles. The van der Waals surface area contributed by atoms with E-state index < -0.39 is 0 Å². The molecule has 134 valence electrons. The second kappa shape index (κ2) is 6.68. The Morgan fingerprint density at radius 3 is 2.37 bits per heavy atom. The van der Waals surface area contributed by atoms with Gasteiger partial charge in [0.05, 0.1) is 22.4 Å². The summed E-state index contributed by atoms with van der Waals surface area (Å²) >= 11 is 8.86. The van der Waals surface area contributed by atoms with Gasteiger partial charge in [-0.2, -0.15) is 0 Å². The van der Waals surface area contributed by atoms with Crippen LogP contribution in [0.15, 0.2) is 74.6 Å². The van der Waals surface area contributed by atoms with E-state index in [1.165, 1.54) is 0 Å². The molecule has 5 N–H and O–H groups in total. The van der Waals surface area contributed by atoms with Crippen LogP contribution in [0.3, 0.4) is 0 Å². The first-order chi connectivity index (χ1) is 13.0. The molecule has 4 aromatic rings. The average Bonchev–Trinajstić information content (AvgIpc) is 2.66. The summed E-state index contributed by atoms with van der Waals surface area (Å²) in [4.78, 5) is 1.06. The van der Waals surface area contributed by atoms with Gasteiger partial charge in [-0.15, -0.1) is 35.5 Å². The van der Waals surface area contributed by atoms with Gasteiger partial charge >= 0.3 is 0 Å². The summed E-state index contributed by atoms with van der Waals surface area (Å²) in [5.41, 5.74) is 13.5. The zero-order valence-electron chi connectivity index (χ0n) is 14.1. The number of phenolic OH excluding ortho intramolecular Hbond substituents is 1. The summed E-state index contributed by atoms with van der Waals surface area (Å²) in [7, 11) is 0. The third-order valence-corrected chi connectivity index (χ3v) is 5.14. The number of nitrogens with zero attached hydrogens (tertiary/aromatic N) is 2. The number of nitrogens with two attached hydrogens (primary N) is 2. The van der Waals surface area contributed by atoms with Gasteiger partial charge in [0.2, 0.25) is 0 Å². The maximum absolute atomic E-state index is 10.8. The number of rotatable bonds is 2. The van der Waals surface area contributed by atoms with Gasteiger partial charge in [-0.05, 0) is 23.6 Å². The normalized spacial score (nSPS) is 11.6. The molecule has 0 bridgehead atoms. The minimum Gasteiger partial charge on any atom is -0.505 e. The molecule has 4 aromatic carbocycles. The van der Waals surface area contributed by atoms with Crippen LogP contribution in [0, 0.1) is 0 Å². The quantitative estimate of drug-likeness (QED) is 0.168. The van der Waals surface area contributed by atoms with Crippen LogP contribution in [0.25, 0.3) is 21.5 Å². The van der Waals surface area contributed by atoms with Crippen molar-refractivity contribution in [2.75, 3.05) is 11.5 Å². The predicted molar refractivity (Wildman–Crippen MR) is 117 cm³/mol. The molecule has 5 nitrogen and oxygen atoms in total. The minimum absolute atomic E-state index is 0.124. The molecule has 0 aliphatic heterocycles. The first-order valence-electron chi connectivity index (χ1n) is 8.12. The first kappa shape index (κ1) is 17.5. The van der Waals surface area contributed by atoms with E-state index in [4.69, 9.17) is 11.5 Å². The van der Waals surface area contributed by atoms with E-state index in [2.05, 4.69) is 35.5 Å². The molecule has 0 unspecified atom stereocenters. The van der Waals surface area contributed by atoms with E-state index >= 15 is 0 Å². The Morgan fingerprint density at radius 2 is 1.56 bits per heavy atom. The molecule has 0 spiro atoms. The Morgan fingerprint density at radius 1 is 0.815 bits per heavy atom. The lowest BCUT2D eigenvalue weighted by molar-refractivity contribution is 0.481. The Labute approximate surface area is 166 Å². The summed E-state index contributed by atoms with van der Waals surface area (Å²) < 4.78 is 0. The van der Waals surface area contributed by atoms with Crippen molar-refractivity contribution in [3.8, 4) is 5.75 Å². The monoisotopic (exact) mass is 392 g/mol. The lowest BCUT2D eigenvalue weighted by atomic mass is 10.1. The number of thiol groups is 2. The average molecular weight is 393 g/mol. The summed E-state index contributed by atoms with van der Waals surface area (Å²) in [6.45, 7) is 0. The van der Waals surface area contributed by atoms with Crippen molar-refractivity contribution >= 4 is 69.6 Å². The van der Waals surface area contributed by atoms with E-state index in [9.17, 15) is 5.11 Å². The molecule has 27 heavy (non-hydrogen) atoms. The zero-order chi connectivity index (χ0) is 19.1. The third-order valence-electron chi connectivity index (χ3n) is 4.43. The number of aromatic hydroxyl groups is 1. The number of hydrogen-bond donors (Lipinski definition) is 5. The van der Waals surface area contributed by atoms with Crippen LogP contribution >= 0.6 is 25.3 Å². The molecule has 0 aliphatic rings. The SMILES string of the molecule is Nc1cc(S)c2cc(S)c(/N=N/c3cccc4ccccc34)c(O)c2c1N. The topological polar surface area (TPSA) is 97.0 Å². The maximum Gasteiger partial charge on any atom is 0.154 e. The summed E-state index contributed by atoms with van der Waals surface area (Å²) in [6, 6.07) is 17.0. The van der Waals surface area contributed by atoms with Crippen LogP contribution < -0.4 is 11.5 Å². The molecular weight excluding hydrogens is 376 g/mol. The van der Waals surface area contributed by atoms with Gasteiger partial charge in [-0.25, -0.2) is 0 Å². The molecule has 0 amide bonds. The Kier molecular flexibility index (Phi) is 4.33. The van der Waals surface area contributed by atoms with Crippen LogP contribution in [-0.2, 0) is 0 Å². The summed E-state index contributed by atoms with van der Waals surface area (Å²) in [5.74, 6) is -0.124. The van der Waals surface area contributed by atoms with Crippen molar-refractivity contribution in [3.05, 3.63) is 54.6 Å². The molecule has 0 saturated carbocycles. The third kappa shape index (κ3) is 2.94. The molecule has 0 fully saturated rings. The fourth-order valence-corrected chi connectivity index (χ4v) is 3.66. The van der Waals surface area contributed by atoms with Crippen molar-refractivity contribution in [1.82, 2.24) is 0 Å². The number of nitrogen functional groups attached to an aromatic ring is 2. The van der Waals surface area contributed by atoms with E-state index in [0.29, 0.717) is 31.9 Å². The molecule has 0 aliphatic carbocycles. The highest BCUT2D eigenvalue weighted by atomic mass is 32.1. The van der Waals surface area contributed by atoms with Crippen molar-refractivity contribution in [3.63, 3.8) is 0 Å². The fourth-order valence-electron chi connectivity index (χ4n) is 3.06. The number of fused-ring (bicyclic) bond motifs is 2. The maximum atomic E-state index is 10.8. The van der Waals surface area contributed by atoms with Gasteiger partial charge in [0, 0.05) is 20.6 Å². The Hall–Kier alpha value is -2.90. The predicted octanol–water partition coefficient (Wildman–Crippen LogP) is 5.86. The summed E-state index contributed by atoms with van der Waals surface area (Å²) in [5, 5.41) is 22.4. The molecule has 0 aromatic heterocycles. The van der Waals surface area contributed by atoms with E-state index in [0.717, 1.165) is 10.8 Å². The smallest absolute Gasteiger partial charge is 0.154 e. The Bertz CT molecular complexity index is 1230. The Balaban J connectivity index is 1.92. The van der Waals surface area contributed by atoms with Crippen molar-refractivity contribution < 1.29 is 5.11 Å². The first-order valence-corrected chi connectivity index (χ1v) is 9.02. The molecule has 0 radical (unpaired) electrons. The van der Waals surface area contributed by atoms with E-state index in [1.807, 2.05) is 42.5 Å². The van der Waals surface area contributed by atoms with E-state index in [-0.39, 0.29) is 17.1 Å². The standard InChI is InChI=1S/C20H16N4OS2/c21-13-9-15(26)12-8-16(27)19(20(25)17(12)18(13)22)24-23-14-7-3-5-10-4-1-2-6-11(10)14/h1-9,25-27H,21-22H2/b24-23+. The van der Waals surface area contributed by atoms with Crippen LogP contribution in [0.2, 0.25) is 0 Å². The van der Waals surface area contributed by atoms with Crippen molar-refractivity contribution in [2.45, 2.75) is 9.79 Å². The van der Waals surface area contributed by atoms with Gasteiger partial charge in [-0.1, -0.05) is 36.4 Å². The number of anilines is 2. The highest BCUT2D eigenvalue weighted by Gasteiger charge is 2.17. The highest BCUT2D eigenvalue weighted by molar-refractivity contribution is 7.80. The van der Waals surface area contributed by atoms with Gasteiger partial charge in [0.25, 0.3) is 0 Å².